The third-order valence-electron chi connectivity index (χ3n) is 1.75. The number of carbonyl (C=O) groups excluding carboxylic acids is 1. The van der Waals surface area contributed by atoms with Crippen LogP contribution < -0.4 is 5.73 Å². The van der Waals surface area contributed by atoms with Gasteiger partial charge in [0, 0.05) is 13.0 Å². The molecule has 0 fully saturated rings. The average Bonchev–Trinajstić information content (AvgIpc) is 2.34. The first-order chi connectivity index (χ1) is 6.11. The first kappa shape index (κ1) is 9.91. The Morgan fingerprint density at radius 1 is 1.77 bits per heavy atom. The number of aromatic nitrogens is 3. The molecule has 0 saturated heterocycles. The Morgan fingerprint density at radius 3 is 2.92 bits per heavy atom. The fourth-order valence-electron chi connectivity index (χ4n) is 1.07. The lowest BCUT2D eigenvalue weighted by molar-refractivity contribution is -0.118. The Hall–Kier alpha value is -1.17. The van der Waals surface area contributed by atoms with Crippen LogP contribution in [0.15, 0.2) is 0 Å². The molecule has 1 rings (SSSR count). The van der Waals surface area contributed by atoms with E-state index in [1.807, 2.05) is 11.5 Å². The predicted octanol–water partition coefficient (Wildman–Crippen LogP) is 0.515. The maximum atomic E-state index is 10.5. The fraction of sp³-hybridized carbons (Fsp3) is 0.571. The number of aryl methyl sites for hydroxylation is 1. The third-order valence-corrected chi connectivity index (χ3v) is 2.07. The summed E-state index contributed by atoms with van der Waals surface area (Å²) in [6.45, 7) is 2.54. The number of carbonyl (C=O) groups is 1. The normalized spacial score (nSPS) is 10.2. The van der Waals surface area contributed by atoms with Crippen LogP contribution in [-0.4, -0.2) is 20.7 Å². The molecule has 0 unspecified atom stereocenters. The number of nitrogens with one attached hydrogen (secondary N) is 1. The zero-order valence-electron chi connectivity index (χ0n) is 7.41. The molecule has 0 radical (unpaired) electrons. The number of amides is 1. The number of hydrogen-bond acceptors (Lipinski definition) is 3. The van der Waals surface area contributed by atoms with E-state index in [1.54, 1.807) is 0 Å². The molecule has 0 bridgehead atoms. The summed E-state index contributed by atoms with van der Waals surface area (Å²) >= 11 is 4.98. The van der Waals surface area contributed by atoms with Crippen molar-refractivity contribution >= 4 is 18.1 Å². The molecule has 3 N–H and O–H groups in total. The van der Waals surface area contributed by atoms with Gasteiger partial charge >= 0.3 is 0 Å². The van der Waals surface area contributed by atoms with Crippen LogP contribution in [-0.2, 0) is 11.3 Å². The number of rotatable bonds is 4. The highest BCUT2D eigenvalue weighted by molar-refractivity contribution is 7.71. The van der Waals surface area contributed by atoms with Gasteiger partial charge in [-0.1, -0.05) is 0 Å². The van der Waals surface area contributed by atoms with Gasteiger partial charge in [0.25, 0.3) is 0 Å². The summed E-state index contributed by atoms with van der Waals surface area (Å²) in [7, 11) is 0. The molecule has 1 heterocycles. The van der Waals surface area contributed by atoms with Crippen molar-refractivity contribution in [3.05, 3.63) is 10.6 Å². The predicted molar refractivity (Wildman–Crippen MR) is 50.6 cm³/mol. The molecule has 1 amide bonds. The molecule has 0 aliphatic heterocycles. The monoisotopic (exact) mass is 200 g/mol. The second-order valence-electron chi connectivity index (χ2n) is 2.80. The molecule has 72 valence electrons. The van der Waals surface area contributed by atoms with Crippen molar-refractivity contribution in [1.82, 2.24) is 14.8 Å². The lowest BCUT2D eigenvalue weighted by atomic mass is 10.3. The lowest BCUT2D eigenvalue weighted by Crippen LogP contribution is -2.11. The smallest absolute Gasteiger partial charge is 0.217 e. The van der Waals surface area contributed by atoms with E-state index in [4.69, 9.17) is 18.0 Å². The summed E-state index contributed by atoms with van der Waals surface area (Å²) in [5.41, 5.74) is 5.01. The number of primary amides is 1. The van der Waals surface area contributed by atoms with E-state index in [0.29, 0.717) is 24.2 Å². The van der Waals surface area contributed by atoms with Gasteiger partial charge in [0.1, 0.15) is 5.82 Å². The van der Waals surface area contributed by atoms with Crippen LogP contribution in [0.2, 0.25) is 0 Å². The van der Waals surface area contributed by atoms with Crippen LogP contribution in [0.1, 0.15) is 18.7 Å². The van der Waals surface area contributed by atoms with Crippen molar-refractivity contribution in [1.29, 1.82) is 0 Å². The molecule has 1 aromatic rings. The summed E-state index contributed by atoms with van der Waals surface area (Å²) in [5, 5.41) is 6.62. The molecular formula is C7H12N4OS. The quantitative estimate of drug-likeness (QED) is 0.695. The molecule has 0 aliphatic rings. The molecule has 13 heavy (non-hydrogen) atoms. The van der Waals surface area contributed by atoms with Gasteiger partial charge in [0.2, 0.25) is 5.91 Å². The average molecular weight is 200 g/mol. The van der Waals surface area contributed by atoms with E-state index in [9.17, 15) is 4.79 Å². The van der Waals surface area contributed by atoms with Gasteiger partial charge in [-0.3, -0.25) is 9.89 Å². The Labute approximate surface area is 80.9 Å². The van der Waals surface area contributed by atoms with Crippen molar-refractivity contribution in [2.24, 2.45) is 5.73 Å². The van der Waals surface area contributed by atoms with E-state index in [-0.39, 0.29) is 5.91 Å². The van der Waals surface area contributed by atoms with Gasteiger partial charge in [-0.2, -0.15) is 5.10 Å². The molecule has 6 heteroatoms. The van der Waals surface area contributed by atoms with E-state index < -0.39 is 0 Å². The third kappa shape index (κ3) is 2.66. The minimum Gasteiger partial charge on any atom is -0.370 e. The zero-order valence-corrected chi connectivity index (χ0v) is 8.23. The summed E-state index contributed by atoms with van der Waals surface area (Å²) in [4.78, 5) is 10.5. The van der Waals surface area contributed by atoms with Gasteiger partial charge in [-0.15, -0.1) is 0 Å². The largest absolute Gasteiger partial charge is 0.370 e. The molecule has 0 saturated carbocycles. The van der Waals surface area contributed by atoms with Crippen LogP contribution >= 0.6 is 12.2 Å². The summed E-state index contributed by atoms with van der Waals surface area (Å²) < 4.78 is 2.43. The SMILES string of the molecule is Cc1n[nH]c(=S)n1CCCC(N)=O. The van der Waals surface area contributed by atoms with Crippen molar-refractivity contribution < 1.29 is 4.79 Å². The topological polar surface area (TPSA) is 76.7 Å². The first-order valence-electron chi connectivity index (χ1n) is 4.01. The zero-order chi connectivity index (χ0) is 9.84. The van der Waals surface area contributed by atoms with Gasteiger partial charge in [-0.25, -0.2) is 0 Å². The van der Waals surface area contributed by atoms with Gasteiger partial charge in [-0.05, 0) is 25.6 Å². The molecule has 0 aliphatic carbocycles. The van der Waals surface area contributed by atoms with Crippen LogP contribution in [0, 0.1) is 11.7 Å². The van der Waals surface area contributed by atoms with E-state index in [1.165, 1.54) is 0 Å². The van der Waals surface area contributed by atoms with E-state index in [0.717, 1.165) is 5.82 Å². The molecule has 1 aromatic heterocycles. The lowest BCUT2D eigenvalue weighted by Gasteiger charge is -2.01. The Morgan fingerprint density at radius 2 is 2.46 bits per heavy atom. The fourth-order valence-corrected chi connectivity index (χ4v) is 1.34. The summed E-state index contributed by atoms with van der Waals surface area (Å²) in [5.74, 6) is 0.544. The van der Waals surface area contributed by atoms with Crippen molar-refractivity contribution in [2.45, 2.75) is 26.3 Å². The van der Waals surface area contributed by atoms with Crippen LogP contribution in [0.3, 0.4) is 0 Å². The number of aromatic amines is 1. The Balaban J connectivity index is 2.54. The van der Waals surface area contributed by atoms with Gasteiger partial charge in [0.05, 0.1) is 0 Å². The first-order valence-corrected chi connectivity index (χ1v) is 4.42. The number of hydrogen-bond donors (Lipinski definition) is 2. The highest BCUT2D eigenvalue weighted by Crippen LogP contribution is 1.99. The van der Waals surface area contributed by atoms with Crippen molar-refractivity contribution in [3.63, 3.8) is 0 Å². The highest BCUT2D eigenvalue weighted by Gasteiger charge is 2.01. The Bertz CT molecular complexity index is 354. The number of nitrogens with zero attached hydrogens (tertiary/aromatic N) is 2. The maximum Gasteiger partial charge on any atom is 0.217 e. The van der Waals surface area contributed by atoms with E-state index in [2.05, 4.69) is 10.2 Å². The maximum absolute atomic E-state index is 10.5. The molecular weight excluding hydrogens is 188 g/mol. The van der Waals surface area contributed by atoms with E-state index >= 15 is 0 Å². The summed E-state index contributed by atoms with van der Waals surface area (Å²) in [6, 6.07) is 0. The number of H-pyrrole nitrogens is 1. The Kier molecular flexibility index (Phi) is 3.18. The molecule has 5 nitrogen and oxygen atoms in total. The molecule has 0 spiro atoms. The second-order valence-corrected chi connectivity index (χ2v) is 3.18. The highest BCUT2D eigenvalue weighted by atomic mass is 32.1. The second kappa shape index (κ2) is 4.18. The standard InChI is InChI=1S/C7H12N4OS/c1-5-9-10-7(13)11(5)4-2-3-6(8)12/h2-4H2,1H3,(H2,8,12)(H,10,13). The number of nitrogens with two attached hydrogens (primary N) is 1. The minimum absolute atomic E-state index is 0.285. The van der Waals surface area contributed by atoms with Crippen molar-refractivity contribution in [3.8, 4) is 0 Å². The molecule has 0 atom stereocenters. The van der Waals surface area contributed by atoms with Crippen molar-refractivity contribution in [2.75, 3.05) is 0 Å². The minimum atomic E-state index is -0.285. The van der Waals surface area contributed by atoms with Crippen LogP contribution in [0.25, 0.3) is 0 Å². The molecule has 0 aromatic carbocycles. The van der Waals surface area contributed by atoms with Crippen LogP contribution in [0.5, 0.6) is 0 Å². The van der Waals surface area contributed by atoms with Gasteiger partial charge < -0.3 is 10.3 Å². The van der Waals surface area contributed by atoms with Crippen LogP contribution in [0.4, 0.5) is 0 Å². The summed E-state index contributed by atoms with van der Waals surface area (Å²) in [6.07, 6.45) is 1.08. The van der Waals surface area contributed by atoms with Gasteiger partial charge in [0.15, 0.2) is 4.77 Å².